The predicted octanol–water partition coefficient (Wildman–Crippen LogP) is 6.75. The van der Waals surface area contributed by atoms with Gasteiger partial charge in [0.2, 0.25) is 0 Å². The van der Waals surface area contributed by atoms with Crippen molar-refractivity contribution < 1.29 is 18.3 Å². The SMILES string of the molecule is CCOC(=O)c1c(NC(=S)Nc2c(F)cc(F)cc2Br)sc(C)c1-c1ccccc1. The highest BCUT2D eigenvalue weighted by Crippen LogP contribution is 2.40. The maximum absolute atomic E-state index is 14.1. The quantitative estimate of drug-likeness (QED) is 0.293. The normalized spacial score (nSPS) is 10.6. The maximum Gasteiger partial charge on any atom is 0.341 e. The van der Waals surface area contributed by atoms with Crippen LogP contribution in [-0.2, 0) is 4.74 Å². The number of thiocarbonyl (C=S) groups is 1. The second-order valence-corrected chi connectivity index (χ2v) is 8.63. The average molecular weight is 511 g/mol. The second-order valence-electron chi connectivity index (χ2n) is 6.15. The van der Waals surface area contributed by atoms with E-state index in [0.717, 1.165) is 28.1 Å². The molecule has 0 bridgehead atoms. The molecule has 0 amide bonds. The van der Waals surface area contributed by atoms with Crippen LogP contribution in [0, 0.1) is 18.6 Å². The highest BCUT2D eigenvalue weighted by Gasteiger charge is 2.25. The Hall–Kier alpha value is -2.36. The van der Waals surface area contributed by atoms with Gasteiger partial charge in [0.05, 0.1) is 12.3 Å². The number of hydrogen-bond acceptors (Lipinski definition) is 4. The van der Waals surface area contributed by atoms with E-state index < -0.39 is 17.6 Å². The minimum Gasteiger partial charge on any atom is -0.462 e. The van der Waals surface area contributed by atoms with Crippen LogP contribution in [0.4, 0.5) is 19.5 Å². The Kier molecular flexibility index (Phi) is 7.17. The minimum absolute atomic E-state index is 0.0110. The zero-order valence-corrected chi connectivity index (χ0v) is 19.2. The fourth-order valence-electron chi connectivity index (χ4n) is 2.89. The van der Waals surface area contributed by atoms with Gasteiger partial charge in [0.15, 0.2) is 10.9 Å². The number of carbonyl (C=O) groups is 1. The number of anilines is 2. The van der Waals surface area contributed by atoms with Gasteiger partial charge in [-0.15, -0.1) is 11.3 Å². The molecule has 156 valence electrons. The van der Waals surface area contributed by atoms with Crippen molar-refractivity contribution in [1.29, 1.82) is 0 Å². The van der Waals surface area contributed by atoms with Gasteiger partial charge >= 0.3 is 5.97 Å². The molecule has 0 saturated carbocycles. The molecule has 3 rings (SSSR count). The third-order valence-electron chi connectivity index (χ3n) is 4.10. The number of ether oxygens (including phenoxy) is 1. The molecule has 1 heterocycles. The van der Waals surface area contributed by atoms with Crippen molar-refractivity contribution >= 4 is 61.3 Å². The van der Waals surface area contributed by atoms with Gasteiger partial charge in [-0.1, -0.05) is 30.3 Å². The molecule has 0 atom stereocenters. The monoisotopic (exact) mass is 510 g/mol. The van der Waals surface area contributed by atoms with Crippen molar-refractivity contribution in [2.24, 2.45) is 0 Å². The molecule has 0 fully saturated rings. The zero-order valence-electron chi connectivity index (χ0n) is 16.0. The number of rotatable bonds is 5. The lowest BCUT2D eigenvalue weighted by Gasteiger charge is -2.13. The van der Waals surface area contributed by atoms with Crippen LogP contribution in [0.2, 0.25) is 0 Å². The standard InChI is InChI=1S/C21H17BrF2N2O2S2/c1-3-28-20(27)17-16(12-7-5-4-6-8-12)11(2)30-19(17)26-21(29)25-18-14(22)9-13(23)10-15(18)24/h4-10H,3H2,1-2H3,(H2,25,26,29). The summed E-state index contributed by atoms with van der Waals surface area (Å²) in [5.74, 6) is -2.00. The average Bonchev–Trinajstić information content (AvgIpc) is 3.01. The van der Waals surface area contributed by atoms with E-state index in [-0.39, 0.29) is 21.9 Å². The minimum atomic E-state index is -0.802. The fourth-order valence-corrected chi connectivity index (χ4v) is 4.74. The van der Waals surface area contributed by atoms with Gasteiger partial charge in [-0.3, -0.25) is 0 Å². The lowest BCUT2D eigenvalue weighted by molar-refractivity contribution is 0.0529. The molecule has 0 spiro atoms. The largest absolute Gasteiger partial charge is 0.462 e. The number of nitrogens with one attached hydrogen (secondary N) is 2. The van der Waals surface area contributed by atoms with E-state index in [1.54, 1.807) is 6.92 Å². The Morgan fingerprint density at radius 1 is 1.20 bits per heavy atom. The molecule has 0 saturated heterocycles. The number of esters is 1. The van der Waals surface area contributed by atoms with Gasteiger partial charge in [-0.05, 0) is 53.6 Å². The van der Waals surface area contributed by atoms with E-state index in [9.17, 15) is 13.6 Å². The first-order valence-corrected chi connectivity index (χ1v) is 10.9. The van der Waals surface area contributed by atoms with E-state index in [1.165, 1.54) is 11.3 Å². The Morgan fingerprint density at radius 3 is 2.53 bits per heavy atom. The summed E-state index contributed by atoms with van der Waals surface area (Å²) in [4.78, 5) is 13.6. The van der Waals surface area contributed by atoms with Crippen LogP contribution in [0.15, 0.2) is 46.9 Å². The Labute approximate surface area is 190 Å². The summed E-state index contributed by atoms with van der Waals surface area (Å²) in [5, 5.41) is 6.18. The maximum atomic E-state index is 14.1. The summed E-state index contributed by atoms with van der Waals surface area (Å²) in [6, 6.07) is 11.4. The molecular formula is C21H17BrF2N2O2S2. The smallest absolute Gasteiger partial charge is 0.341 e. The molecule has 0 aliphatic carbocycles. The summed E-state index contributed by atoms with van der Waals surface area (Å²) in [6.45, 7) is 3.85. The Balaban J connectivity index is 1.96. The van der Waals surface area contributed by atoms with Gasteiger partial charge in [0.25, 0.3) is 0 Å². The molecule has 3 aromatic rings. The molecule has 0 aliphatic rings. The summed E-state index contributed by atoms with van der Waals surface area (Å²) in [6.07, 6.45) is 0. The molecule has 30 heavy (non-hydrogen) atoms. The number of carbonyl (C=O) groups excluding carboxylic acids is 1. The van der Waals surface area contributed by atoms with Crippen LogP contribution >= 0.6 is 39.5 Å². The Morgan fingerprint density at radius 2 is 1.90 bits per heavy atom. The van der Waals surface area contributed by atoms with E-state index in [4.69, 9.17) is 17.0 Å². The number of aryl methyl sites for hydroxylation is 1. The van der Waals surface area contributed by atoms with Crippen LogP contribution in [0.5, 0.6) is 0 Å². The van der Waals surface area contributed by atoms with Gasteiger partial charge in [-0.2, -0.15) is 0 Å². The number of hydrogen-bond donors (Lipinski definition) is 2. The van der Waals surface area contributed by atoms with Crippen LogP contribution in [0.3, 0.4) is 0 Å². The molecule has 4 nitrogen and oxygen atoms in total. The van der Waals surface area contributed by atoms with Crippen LogP contribution < -0.4 is 10.6 Å². The third-order valence-corrected chi connectivity index (χ3v) is 5.95. The van der Waals surface area contributed by atoms with Crippen molar-refractivity contribution in [3.63, 3.8) is 0 Å². The van der Waals surface area contributed by atoms with Gasteiger partial charge in [0, 0.05) is 21.0 Å². The first-order valence-electron chi connectivity index (χ1n) is 8.90. The summed E-state index contributed by atoms with van der Waals surface area (Å²) in [5.41, 5.74) is 1.96. The van der Waals surface area contributed by atoms with Crippen LogP contribution in [-0.4, -0.2) is 17.7 Å². The van der Waals surface area contributed by atoms with E-state index in [1.807, 2.05) is 37.3 Å². The van der Waals surface area contributed by atoms with Crippen molar-refractivity contribution in [3.8, 4) is 11.1 Å². The number of halogens is 3. The lowest BCUT2D eigenvalue weighted by Crippen LogP contribution is -2.21. The lowest BCUT2D eigenvalue weighted by atomic mass is 10.0. The summed E-state index contributed by atoms with van der Waals surface area (Å²) >= 11 is 9.75. The molecular weight excluding hydrogens is 494 g/mol. The summed E-state index contributed by atoms with van der Waals surface area (Å²) < 4.78 is 32.9. The molecule has 0 unspecified atom stereocenters. The molecule has 1 aromatic heterocycles. The van der Waals surface area contributed by atoms with Crippen LogP contribution in [0.25, 0.3) is 11.1 Å². The van der Waals surface area contributed by atoms with Crippen molar-refractivity contribution in [2.45, 2.75) is 13.8 Å². The van der Waals surface area contributed by atoms with Gasteiger partial charge in [0.1, 0.15) is 16.4 Å². The molecule has 0 aliphatic heterocycles. The number of thiophene rings is 1. The first kappa shape index (κ1) is 22.3. The van der Waals surface area contributed by atoms with E-state index in [0.29, 0.717) is 10.6 Å². The van der Waals surface area contributed by atoms with Gasteiger partial charge in [-0.25, -0.2) is 13.6 Å². The molecule has 2 N–H and O–H groups in total. The second kappa shape index (κ2) is 9.63. The van der Waals surface area contributed by atoms with E-state index >= 15 is 0 Å². The Bertz CT molecular complexity index is 1080. The summed E-state index contributed by atoms with van der Waals surface area (Å²) in [7, 11) is 0. The molecule has 9 heteroatoms. The third kappa shape index (κ3) is 4.85. The van der Waals surface area contributed by atoms with Crippen molar-refractivity contribution in [2.75, 3.05) is 17.2 Å². The van der Waals surface area contributed by atoms with Gasteiger partial charge < -0.3 is 15.4 Å². The zero-order chi connectivity index (χ0) is 21.8. The highest BCUT2D eigenvalue weighted by atomic mass is 79.9. The topological polar surface area (TPSA) is 50.4 Å². The first-order chi connectivity index (χ1) is 14.3. The van der Waals surface area contributed by atoms with E-state index in [2.05, 4.69) is 26.6 Å². The predicted molar refractivity (Wildman–Crippen MR) is 124 cm³/mol. The molecule has 2 aromatic carbocycles. The van der Waals surface area contributed by atoms with Crippen molar-refractivity contribution in [3.05, 3.63) is 69.0 Å². The van der Waals surface area contributed by atoms with Crippen LogP contribution in [0.1, 0.15) is 22.2 Å². The fraction of sp³-hybridized carbons (Fsp3) is 0.143. The number of benzene rings is 2. The van der Waals surface area contributed by atoms with Crippen molar-refractivity contribution in [1.82, 2.24) is 0 Å². The highest BCUT2D eigenvalue weighted by molar-refractivity contribution is 9.10. The molecule has 0 radical (unpaired) electrons.